The van der Waals surface area contributed by atoms with E-state index < -0.39 is 0 Å². The first-order chi connectivity index (χ1) is 14.5. The lowest BCUT2D eigenvalue weighted by molar-refractivity contribution is 0.142. The van der Waals surface area contributed by atoms with Crippen LogP contribution < -0.4 is 10.1 Å². The number of anilines is 1. The maximum absolute atomic E-state index is 13.0. The zero-order valence-corrected chi connectivity index (χ0v) is 17.8. The van der Waals surface area contributed by atoms with Gasteiger partial charge >= 0.3 is 6.03 Å². The van der Waals surface area contributed by atoms with Gasteiger partial charge in [-0.15, -0.1) is 0 Å². The molecule has 3 aromatic rings. The van der Waals surface area contributed by atoms with Crippen molar-refractivity contribution in [2.24, 2.45) is 0 Å². The van der Waals surface area contributed by atoms with Gasteiger partial charge in [0.25, 0.3) is 0 Å². The normalized spacial score (nSPS) is 16.4. The number of carbonyl (C=O) groups excluding carboxylic acids is 1. The van der Waals surface area contributed by atoms with Crippen molar-refractivity contribution in [1.82, 2.24) is 15.0 Å². The smallest absolute Gasteiger partial charge is 0.322 e. The van der Waals surface area contributed by atoms with Crippen molar-refractivity contribution in [2.45, 2.75) is 25.3 Å². The number of likely N-dealkylation sites (tertiary alicyclic amines) is 1. The van der Waals surface area contributed by atoms with Crippen molar-refractivity contribution >= 4 is 34.9 Å². The zero-order chi connectivity index (χ0) is 21.1. The molecule has 0 saturated carbocycles. The lowest BCUT2D eigenvalue weighted by atomic mass is 10.0. The Hall–Kier alpha value is -2.77. The number of halogens is 2. The van der Waals surface area contributed by atoms with Crippen LogP contribution in [0.2, 0.25) is 10.0 Å². The molecule has 0 bridgehead atoms. The van der Waals surface area contributed by atoms with Crippen molar-refractivity contribution in [3.8, 4) is 17.1 Å². The number of ether oxygens (including phenoxy) is 1. The van der Waals surface area contributed by atoms with Crippen LogP contribution >= 0.6 is 23.2 Å². The number of benzene rings is 2. The van der Waals surface area contributed by atoms with Crippen LogP contribution in [0.15, 0.2) is 47.0 Å². The van der Waals surface area contributed by atoms with Gasteiger partial charge in [0.1, 0.15) is 11.8 Å². The average Bonchev–Trinajstić information content (AvgIpc) is 3.26. The van der Waals surface area contributed by atoms with Crippen LogP contribution in [0.3, 0.4) is 0 Å². The third kappa shape index (κ3) is 4.37. The predicted molar refractivity (Wildman–Crippen MR) is 115 cm³/mol. The number of nitrogens with one attached hydrogen (secondary N) is 1. The fourth-order valence-corrected chi connectivity index (χ4v) is 3.91. The van der Waals surface area contributed by atoms with E-state index >= 15 is 0 Å². The maximum atomic E-state index is 13.0. The lowest BCUT2D eigenvalue weighted by Gasteiger charge is -2.33. The summed E-state index contributed by atoms with van der Waals surface area (Å²) in [4.78, 5) is 19.2. The van der Waals surface area contributed by atoms with E-state index in [9.17, 15) is 4.79 Å². The van der Waals surface area contributed by atoms with Crippen LogP contribution in [-0.2, 0) is 0 Å². The Kier molecular flexibility index (Phi) is 6.11. The molecule has 1 atom stereocenters. The van der Waals surface area contributed by atoms with Crippen LogP contribution in [0.1, 0.15) is 31.2 Å². The van der Waals surface area contributed by atoms with Crippen molar-refractivity contribution in [3.05, 3.63) is 58.4 Å². The number of nitrogens with zero attached hydrogens (tertiary/aromatic N) is 3. The van der Waals surface area contributed by atoms with Crippen molar-refractivity contribution in [3.63, 3.8) is 0 Å². The summed E-state index contributed by atoms with van der Waals surface area (Å²) >= 11 is 12.1. The summed E-state index contributed by atoms with van der Waals surface area (Å²) in [6, 6.07) is 11.8. The van der Waals surface area contributed by atoms with Gasteiger partial charge in [0.15, 0.2) is 0 Å². The molecule has 1 aliphatic heterocycles. The molecule has 30 heavy (non-hydrogen) atoms. The minimum absolute atomic E-state index is 0.273. The highest BCUT2D eigenvalue weighted by atomic mass is 35.5. The van der Waals surface area contributed by atoms with Crippen LogP contribution in [0.5, 0.6) is 5.75 Å². The molecule has 0 aliphatic carbocycles. The number of piperidine rings is 1. The van der Waals surface area contributed by atoms with Crippen LogP contribution in [0, 0.1) is 0 Å². The van der Waals surface area contributed by atoms with E-state index in [0.29, 0.717) is 39.7 Å². The molecule has 9 heteroatoms. The molecule has 1 N–H and O–H groups in total. The third-order valence-electron chi connectivity index (χ3n) is 4.99. The number of amides is 2. The summed E-state index contributed by atoms with van der Waals surface area (Å²) in [5, 5.41) is 7.84. The molecular formula is C21H20Cl2N4O3. The van der Waals surface area contributed by atoms with E-state index in [1.807, 2.05) is 24.3 Å². The van der Waals surface area contributed by atoms with Gasteiger partial charge < -0.3 is 19.5 Å². The first-order valence-corrected chi connectivity index (χ1v) is 10.3. The van der Waals surface area contributed by atoms with Crippen LogP contribution in [0.4, 0.5) is 10.5 Å². The minimum Gasteiger partial charge on any atom is -0.497 e. The molecule has 1 aromatic heterocycles. The van der Waals surface area contributed by atoms with E-state index in [-0.39, 0.29) is 12.1 Å². The fourth-order valence-electron chi connectivity index (χ4n) is 3.46. The first kappa shape index (κ1) is 20.5. The molecule has 2 heterocycles. The van der Waals surface area contributed by atoms with E-state index in [2.05, 4.69) is 15.5 Å². The second-order valence-corrected chi connectivity index (χ2v) is 7.79. The van der Waals surface area contributed by atoms with Crippen molar-refractivity contribution in [1.29, 1.82) is 0 Å². The van der Waals surface area contributed by atoms with Gasteiger partial charge in [-0.05, 0) is 49.6 Å². The molecule has 1 saturated heterocycles. The standard InChI is InChI=1S/C21H20Cl2N4O3/c1-29-15-6-4-5-13(11-15)19-25-20(30-26-19)18-7-2-3-10-27(18)21(28)24-17-9-8-14(22)12-16(17)23/h4-6,8-9,11-12,18H,2-3,7,10H2,1H3,(H,24,28)/t18-/m1/s1. The Morgan fingerprint density at radius 3 is 2.90 bits per heavy atom. The largest absolute Gasteiger partial charge is 0.497 e. The summed E-state index contributed by atoms with van der Waals surface area (Å²) in [6.07, 6.45) is 2.60. The van der Waals surface area contributed by atoms with Crippen LogP contribution in [-0.4, -0.2) is 34.7 Å². The molecule has 156 valence electrons. The fraction of sp³-hybridized carbons (Fsp3) is 0.286. The third-order valence-corrected chi connectivity index (χ3v) is 5.54. The number of aromatic nitrogens is 2. The number of rotatable bonds is 4. The van der Waals surface area contributed by atoms with E-state index in [4.69, 9.17) is 32.5 Å². The molecule has 0 spiro atoms. The summed E-state index contributed by atoms with van der Waals surface area (Å²) in [5.74, 6) is 1.57. The van der Waals surface area contributed by atoms with E-state index in [0.717, 1.165) is 24.8 Å². The van der Waals surface area contributed by atoms with Gasteiger partial charge in [-0.2, -0.15) is 4.98 Å². The maximum Gasteiger partial charge on any atom is 0.322 e. The Bertz CT molecular complexity index is 1060. The Balaban J connectivity index is 1.55. The molecule has 2 amide bonds. The van der Waals surface area contributed by atoms with Gasteiger partial charge in [-0.3, -0.25) is 0 Å². The molecule has 0 unspecified atom stereocenters. The van der Waals surface area contributed by atoms with Gasteiger partial charge in [0.2, 0.25) is 11.7 Å². The Morgan fingerprint density at radius 1 is 1.23 bits per heavy atom. The molecular weight excluding hydrogens is 427 g/mol. The van der Waals surface area contributed by atoms with Gasteiger partial charge in [-0.1, -0.05) is 40.5 Å². The Morgan fingerprint density at radius 2 is 2.10 bits per heavy atom. The van der Waals surface area contributed by atoms with Gasteiger partial charge in [0.05, 0.1) is 17.8 Å². The molecule has 1 aliphatic rings. The quantitative estimate of drug-likeness (QED) is 0.546. The summed E-state index contributed by atoms with van der Waals surface area (Å²) in [7, 11) is 1.60. The lowest BCUT2D eigenvalue weighted by Crippen LogP contribution is -2.41. The molecule has 1 fully saturated rings. The first-order valence-electron chi connectivity index (χ1n) is 9.56. The molecule has 7 nitrogen and oxygen atoms in total. The minimum atomic E-state index is -0.309. The highest BCUT2D eigenvalue weighted by Crippen LogP contribution is 2.33. The van der Waals surface area contributed by atoms with Crippen molar-refractivity contribution < 1.29 is 14.1 Å². The summed E-state index contributed by atoms with van der Waals surface area (Å²) in [5.41, 5.74) is 1.28. The SMILES string of the molecule is COc1cccc(-c2noc([C@H]3CCCCN3C(=O)Nc3ccc(Cl)cc3Cl)n2)c1. The second kappa shape index (κ2) is 8.93. The van der Waals surface area contributed by atoms with Crippen LogP contribution in [0.25, 0.3) is 11.4 Å². The predicted octanol–water partition coefficient (Wildman–Crippen LogP) is 5.81. The van der Waals surface area contributed by atoms with Gasteiger partial charge in [-0.25, -0.2) is 4.79 Å². The average molecular weight is 447 g/mol. The highest BCUT2D eigenvalue weighted by molar-refractivity contribution is 6.36. The Labute approximate surface area is 183 Å². The monoisotopic (exact) mass is 446 g/mol. The number of urea groups is 1. The van der Waals surface area contributed by atoms with E-state index in [1.54, 1.807) is 30.2 Å². The zero-order valence-electron chi connectivity index (χ0n) is 16.3. The topological polar surface area (TPSA) is 80.5 Å². The number of methoxy groups -OCH3 is 1. The van der Waals surface area contributed by atoms with E-state index in [1.165, 1.54) is 0 Å². The molecule has 0 radical (unpaired) electrons. The molecule has 4 rings (SSSR count). The van der Waals surface area contributed by atoms with Gasteiger partial charge in [0, 0.05) is 17.1 Å². The second-order valence-electron chi connectivity index (χ2n) is 6.95. The molecule has 2 aromatic carbocycles. The number of hydrogen-bond donors (Lipinski definition) is 1. The number of carbonyl (C=O) groups is 1. The summed E-state index contributed by atoms with van der Waals surface area (Å²) in [6.45, 7) is 0.582. The highest BCUT2D eigenvalue weighted by Gasteiger charge is 2.32. The van der Waals surface area contributed by atoms with Crippen molar-refractivity contribution in [2.75, 3.05) is 19.0 Å². The number of hydrogen-bond acceptors (Lipinski definition) is 5. The summed E-state index contributed by atoms with van der Waals surface area (Å²) < 4.78 is 10.8.